The number of primary amides is 1. The van der Waals surface area contributed by atoms with E-state index in [1.807, 2.05) is 56.3 Å². The second kappa shape index (κ2) is 11.7. The lowest BCUT2D eigenvalue weighted by Gasteiger charge is -2.31. The van der Waals surface area contributed by atoms with Crippen LogP contribution in [0.15, 0.2) is 72.8 Å². The fourth-order valence-electron chi connectivity index (χ4n) is 3.74. The van der Waals surface area contributed by atoms with Crippen molar-refractivity contribution in [2.45, 2.75) is 45.8 Å². The Morgan fingerprint density at radius 3 is 2.41 bits per heavy atom. The number of nitrogen functional groups attached to an aromatic ring is 1. The standard InChI is InChI=1S/C27H32N4O3/c1-3-4-12-24(26(32)30-22-16-15-19(2)17-21(22)28)31(27(29)33)23-13-8-9-14-25(23)34-18-20-10-6-5-7-11-20/h5-11,13-17,24H,3-4,12,18,28H2,1-2H3,(H2,29,33)(H,30,32)/t24-/m1/s1. The first-order valence-corrected chi connectivity index (χ1v) is 11.4. The molecule has 0 unspecified atom stereocenters. The van der Waals surface area contributed by atoms with E-state index in [1.54, 1.807) is 30.3 Å². The number of unbranched alkanes of at least 4 members (excludes halogenated alkanes) is 1. The van der Waals surface area contributed by atoms with E-state index in [1.165, 1.54) is 4.90 Å². The molecule has 178 valence electrons. The Morgan fingerprint density at radius 2 is 1.74 bits per heavy atom. The van der Waals surface area contributed by atoms with Crippen LogP contribution in [0.4, 0.5) is 21.9 Å². The van der Waals surface area contributed by atoms with E-state index in [0.29, 0.717) is 35.8 Å². The van der Waals surface area contributed by atoms with Gasteiger partial charge < -0.3 is 21.5 Å². The Balaban J connectivity index is 1.91. The second-order valence-electron chi connectivity index (χ2n) is 8.19. The monoisotopic (exact) mass is 460 g/mol. The number of amides is 3. The first kappa shape index (κ1) is 24.6. The van der Waals surface area contributed by atoms with Gasteiger partial charge in [0.05, 0.1) is 17.1 Å². The van der Waals surface area contributed by atoms with E-state index < -0.39 is 12.1 Å². The van der Waals surface area contributed by atoms with Crippen molar-refractivity contribution >= 4 is 29.0 Å². The van der Waals surface area contributed by atoms with E-state index in [0.717, 1.165) is 24.0 Å². The summed E-state index contributed by atoms with van der Waals surface area (Å²) in [5.41, 5.74) is 15.3. The minimum absolute atomic E-state index is 0.316. The molecule has 0 aromatic heterocycles. The fraction of sp³-hybridized carbons (Fsp3) is 0.259. The van der Waals surface area contributed by atoms with Crippen molar-refractivity contribution in [1.82, 2.24) is 0 Å². The van der Waals surface area contributed by atoms with Gasteiger partial charge >= 0.3 is 6.03 Å². The highest BCUT2D eigenvalue weighted by molar-refractivity contribution is 6.05. The molecule has 3 amide bonds. The number of aryl methyl sites for hydroxylation is 1. The summed E-state index contributed by atoms with van der Waals surface area (Å²) >= 11 is 0. The molecule has 0 bridgehead atoms. The molecule has 7 heteroatoms. The summed E-state index contributed by atoms with van der Waals surface area (Å²) in [6, 6.07) is 20.7. The summed E-state index contributed by atoms with van der Waals surface area (Å²) in [6.07, 6.45) is 2.03. The number of hydrogen-bond donors (Lipinski definition) is 3. The van der Waals surface area contributed by atoms with Gasteiger partial charge in [0.2, 0.25) is 5.91 Å². The van der Waals surface area contributed by atoms with Crippen LogP contribution in [0.2, 0.25) is 0 Å². The van der Waals surface area contributed by atoms with Gasteiger partial charge in [-0.3, -0.25) is 9.69 Å². The van der Waals surface area contributed by atoms with Crippen LogP contribution in [0.25, 0.3) is 0 Å². The van der Waals surface area contributed by atoms with Crippen LogP contribution < -0.4 is 26.4 Å². The molecule has 7 nitrogen and oxygen atoms in total. The third-order valence-corrected chi connectivity index (χ3v) is 5.51. The number of urea groups is 1. The fourth-order valence-corrected chi connectivity index (χ4v) is 3.74. The number of nitrogens with zero attached hydrogens (tertiary/aromatic N) is 1. The van der Waals surface area contributed by atoms with Crippen LogP contribution in [0.3, 0.4) is 0 Å². The zero-order chi connectivity index (χ0) is 24.5. The van der Waals surface area contributed by atoms with Crippen LogP contribution >= 0.6 is 0 Å². The molecule has 0 saturated carbocycles. The molecule has 5 N–H and O–H groups in total. The number of benzene rings is 3. The lowest BCUT2D eigenvalue weighted by Crippen LogP contribution is -2.50. The van der Waals surface area contributed by atoms with Gasteiger partial charge in [0, 0.05) is 0 Å². The van der Waals surface area contributed by atoms with Gasteiger partial charge in [0.25, 0.3) is 0 Å². The lowest BCUT2D eigenvalue weighted by molar-refractivity contribution is -0.117. The molecular weight excluding hydrogens is 428 g/mol. The van der Waals surface area contributed by atoms with Crippen molar-refractivity contribution in [1.29, 1.82) is 0 Å². The maximum atomic E-state index is 13.4. The minimum Gasteiger partial charge on any atom is -0.487 e. The van der Waals surface area contributed by atoms with Gasteiger partial charge in [0.1, 0.15) is 18.4 Å². The van der Waals surface area contributed by atoms with Crippen molar-refractivity contribution in [2.75, 3.05) is 16.0 Å². The molecule has 3 aromatic carbocycles. The number of ether oxygens (including phenoxy) is 1. The number of para-hydroxylation sites is 2. The molecule has 0 saturated heterocycles. The molecule has 0 aliphatic heterocycles. The first-order chi connectivity index (χ1) is 16.4. The predicted molar refractivity (Wildman–Crippen MR) is 137 cm³/mol. The zero-order valence-electron chi connectivity index (χ0n) is 19.7. The highest BCUT2D eigenvalue weighted by atomic mass is 16.5. The van der Waals surface area contributed by atoms with Crippen LogP contribution in [0, 0.1) is 6.92 Å². The molecular formula is C27H32N4O3. The smallest absolute Gasteiger partial charge is 0.320 e. The summed E-state index contributed by atoms with van der Waals surface area (Å²) in [5.74, 6) is 0.106. The third kappa shape index (κ3) is 6.28. The Bertz CT molecular complexity index is 1120. The van der Waals surface area contributed by atoms with Crippen molar-refractivity contribution in [3.8, 4) is 5.75 Å². The van der Waals surface area contributed by atoms with Gasteiger partial charge in [0.15, 0.2) is 0 Å². The highest BCUT2D eigenvalue weighted by Gasteiger charge is 2.31. The van der Waals surface area contributed by atoms with Gasteiger partial charge in [-0.2, -0.15) is 0 Å². The van der Waals surface area contributed by atoms with Gasteiger partial charge in [-0.05, 0) is 48.7 Å². The molecule has 0 aliphatic rings. The summed E-state index contributed by atoms with van der Waals surface area (Å²) in [4.78, 5) is 27.4. The highest BCUT2D eigenvalue weighted by Crippen LogP contribution is 2.32. The summed E-state index contributed by atoms with van der Waals surface area (Å²) in [6.45, 7) is 4.27. The van der Waals surface area contributed by atoms with E-state index in [4.69, 9.17) is 16.2 Å². The van der Waals surface area contributed by atoms with Crippen molar-refractivity contribution in [3.63, 3.8) is 0 Å². The topological polar surface area (TPSA) is 111 Å². The second-order valence-corrected chi connectivity index (χ2v) is 8.19. The average molecular weight is 461 g/mol. The number of nitrogens with one attached hydrogen (secondary N) is 1. The van der Waals surface area contributed by atoms with E-state index >= 15 is 0 Å². The normalized spacial score (nSPS) is 11.5. The largest absolute Gasteiger partial charge is 0.487 e. The van der Waals surface area contributed by atoms with Gasteiger partial charge in [-0.15, -0.1) is 0 Å². The molecule has 0 spiro atoms. The number of rotatable bonds is 10. The zero-order valence-corrected chi connectivity index (χ0v) is 19.7. The maximum Gasteiger partial charge on any atom is 0.320 e. The minimum atomic E-state index is -0.834. The van der Waals surface area contributed by atoms with Crippen molar-refractivity contribution < 1.29 is 14.3 Å². The summed E-state index contributed by atoms with van der Waals surface area (Å²) in [5, 5.41) is 2.87. The average Bonchev–Trinajstić information content (AvgIpc) is 2.83. The number of nitrogens with two attached hydrogens (primary N) is 2. The van der Waals surface area contributed by atoms with Crippen LogP contribution in [-0.2, 0) is 11.4 Å². The lowest BCUT2D eigenvalue weighted by atomic mass is 10.1. The van der Waals surface area contributed by atoms with Crippen molar-refractivity contribution in [2.24, 2.45) is 5.73 Å². The molecule has 3 aromatic rings. The number of hydrogen-bond acceptors (Lipinski definition) is 4. The van der Waals surface area contributed by atoms with Crippen LogP contribution in [-0.4, -0.2) is 18.0 Å². The van der Waals surface area contributed by atoms with Gasteiger partial charge in [-0.1, -0.05) is 68.3 Å². The number of carbonyl (C=O) groups excluding carboxylic acids is 2. The number of anilines is 3. The molecule has 0 aliphatic carbocycles. The first-order valence-electron chi connectivity index (χ1n) is 11.4. The Morgan fingerprint density at radius 1 is 1.03 bits per heavy atom. The molecule has 0 heterocycles. The third-order valence-electron chi connectivity index (χ3n) is 5.51. The van der Waals surface area contributed by atoms with E-state index in [-0.39, 0.29) is 5.91 Å². The predicted octanol–water partition coefficient (Wildman–Crippen LogP) is 5.24. The Kier molecular flexibility index (Phi) is 8.51. The summed E-state index contributed by atoms with van der Waals surface area (Å²) < 4.78 is 6.04. The van der Waals surface area contributed by atoms with Crippen molar-refractivity contribution in [3.05, 3.63) is 83.9 Å². The van der Waals surface area contributed by atoms with E-state index in [9.17, 15) is 9.59 Å². The van der Waals surface area contributed by atoms with Gasteiger partial charge in [-0.25, -0.2) is 4.79 Å². The quantitative estimate of drug-likeness (QED) is 0.359. The summed E-state index contributed by atoms with van der Waals surface area (Å²) in [7, 11) is 0. The van der Waals surface area contributed by atoms with E-state index in [2.05, 4.69) is 5.32 Å². The molecule has 34 heavy (non-hydrogen) atoms. The molecule has 0 fully saturated rings. The Hall–Kier alpha value is -4.00. The SMILES string of the molecule is CCCC[C@H](C(=O)Nc1ccc(C)cc1N)N(C(N)=O)c1ccccc1OCc1ccccc1. The molecule has 0 radical (unpaired) electrons. The van der Waals surface area contributed by atoms with Crippen LogP contribution in [0.1, 0.15) is 37.3 Å². The number of carbonyl (C=O) groups is 2. The molecule has 1 atom stereocenters. The molecule has 3 rings (SSSR count). The maximum absolute atomic E-state index is 13.4. The Labute approximate surface area is 200 Å². The van der Waals surface area contributed by atoms with Crippen LogP contribution in [0.5, 0.6) is 5.75 Å².